The Morgan fingerprint density at radius 2 is 2.26 bits per heavy atom. The van der Waals surface area contributed by atoms with Gasteiger partial charge in [-0.25, -0.2) is 0 Å². The molecule has 1 aromatic heterocycles. The zero-order valence-corrected chi connectivity index (χ0v) is 11.4. The van der Waals surface area contributed by atoms with Crippen molar-refractivity contribution in [1.29, 1.82) is 0 Å². The minimum absolute atomic E-state index is 0.152. The predicted molar refractivity (Wildman–Crippen MR) is 76.3 cm³/mol. The minimum Gasteiger partial charge on any atom is -0.367 e. The first-order valence-corrected chi connectivity index (χ1v) is 6.91. The SMILES string of the molecule is CNC(=O)c1cc(N(CCN)C2CCCC2)ccn1. The van der Waals surface area contributed by atoms with Crippen molar-refractivity contribution in [3.63, 3.8) is 0 Å². The van der Waals surface area contributed by atoms with E-state index in [1.165, 1.54) is 25.7 Å². The molecule has 1 aliphatic carbocycles. The lowest BCUT2D eigenvalue weighted by Crippen LogP contribution is -2.37. The smallest absolute Gasteiger partial charge is 0.269 e. The van der Waals surface area contributed by atoms with Gasteiger partial charge in [0.1, 0.15) is 5.69 Å². The Labute approximate surface area is 114 Å². The van der Waals surface area contributed by atoms with Gasteiger partial charge in [0, 0.05) is 38.1 Å². The summed E-state index contributed by atoms with van der Waals surface area (Å²) < 4.78 is 0. The molecular formula is C14H22N4O. The third kappa shape index (κ3) is 3.23. The van der Waals surface area contributed by atoms with Gasteiger partial charge in [0.2, 0.25) is 0 Å². The van der Waals surface area contributed by atoms with Gasteiger partial charge in [-0.05, 0) is 25.0 Å². The summed E-state index contributed by atoms with van der Waals surface area (Å²) in [5, 5.41) is 2.60. The summed E-state index contributed by atoms with van der Waals surface area (Å²) in [7, 11) is 1.62. The molecule has 0 saturated heterocycles. The van der Waals surface area contributed by atoms with E-state index in [2.05, 4.69) is 15.2 Å². The maximum absolute atomic E-state index is 11.7. The van der Waals surface area contributed by atoms with Crippen molar-refractivity contribution >= 4 is 11.6 Å². The summed E-state index contributed by atoms with van der Waals surface area (Å²) in [6.45, 7) is 1.44. The highest BCUT2D eigenvalue weighted by molar-refractivity contribution is 5.92. The summed E-state index contributed by atoms with van der Waals surface area (Å²) in [4.78, 5) is 18.1. The lowest BCUT2D eigenvalue weighted by Gasteiger charge is -2.30. The van der Waals surface area contributed by atoms with Gasteiger partial charge < -0.3 is 16.0 Å². The molecule has 2 rings (SSSR count). The van der Waals surface area contributed by atoms with Crippen molar-refractivity contribution < 1.29 is 4.79 Å². The molecule has 1 heterocycles. The average Bonchev–Trinajstić information content (AvgIpc) is 2.98. The molecule has 1 fully saturated rings. The first-order valence-electron chi connectivity index (χ1n) is 6.91. The highest BCUT2D eigenvalue weighted by Crippen LogP contribution is 2.28. The number of hydrogen-bond donors (Lipinski definition) is 2. The van der Waals surface area contributed by atoms with Crippen LogP contribution in [0.25, 0.3) is 0 Å². The van der Waals surface area contributed by atoms with Crippen LogP contribution in [0.2, 0.25) is 0 Å². The topological polar surface area (TPSA) is 71.2 Å². The summed E-state index contributed by atoms with van der Waals surface area (Å²) >= 11 is 0. The number of aromatic nitrogens is 1. The van der Waals surface area contributed by atoms with E-state index < -0.39 is 0 Å². The summed E-state index contributed by atoms with van der Waals surface area (Å²) in [6.07, 6.45) is 6.66. The van der Waals surface area contributed by atoms with E-state index in [0.29, 0.717) is 18.3 Å². The highest BCUT2D eigenvalue weighted by Gasteiger charge is 2.23. The van der Waals surface area contributed by atoms with Gasteiger partial charge in [0.05, 0.1) is 0 Å². The number of amides is 1. The van der Waals surface area contributed by atoms with Crippen LogP contribution in [0.3, 0.4) is 0 Å². The molecule has 0 unspecified atom stereocenters. The zero-order chi connectivity index (χ0) is 13.7. The van der Waals surface area contributed by atoms with E-state index in [4.69, 9.17) is 5.73 Å². The average molecular weight is 262 g/mol. The summed E-state index contributed by atoms with van der Waals surface area (Å²) in [5.41, 5.74) is 7.23. The number of nitrogens with zero attached hydrogens (tertiary/aromatic N) is 2. The third-order valence-corrected chi connectivity index (χ3v) is 3.67. The standard InChI is InChI=1S/C14H22N4O/c1-16-14(19)13-10-12(6-8-17-13)18(9-7-15)11-4-2-3-5-11/h6,8,10-11H,2-5,7,9,15H2,1H3,(H,16,19). The van der Waals surface area contributed by atoms with Gasteiger partial charge in [-0.1, -0.05) is 12.8 Å². The van der Waals surface area contributed by atoms with Crippen LogP contribution in [0.1, 0.15) is 36.2 Å². The van der Waals surface area contributed by atoms with Gasteiger partial charge in [0.25, 0.3) is 5.91 Å². The normalized spacial score (nSPS) is 15.5. The Morgan fingerprint density at radius 3 is 2.89 bits per heavy atom. The number of pyridine rings is 1. The number of hydrogen-bond acceptors (Lipinski definition) is 4. The number of carbonyl (C=O) groups excluding carboxylic acids is 1. The first kappa shape index (κ1) is 13.8. The van der Waals surface area contributed by atoms with E-state index in [1.54, 1.807) is 13.2 Å². The fourth-order valence-corrected chi connectivity index (χ4v) is 2.73. The molecule has 5 nitrogen and oxygen atoms in total. The molecule has 104 valence electrons. The van der Waals surface area contributed by atoms with Gasteiger partial charge in [-0.2, -0.15) is 0 Å². The van der Waals surface area contributed by atoms with Crippen LogP contribution >= 0.6 is 0 Å². The van der Waals surface area contributed by atoms with Gasteiger partial charge >= 0.3 is 0 Å². The second kappa shape index (κ2) is 6.52. The Bertz CT molecular complexity index is 429. The fraction of sp³-hybridized carbons (Fsp3) is 0.571. The second-order valence-corrected chi connectivity index (χ2v) is 4.90. The summed E-state index contributed by atoms with van der Waals surface area (Å²) in [5.74, 6) is -0.152. The molecular weight excluding hydrogens is 240 g/mol. The Hall–Kier alpha value is -1.62. The number of nitrogens with two attached hydrogens (primary N) is 1. The Kier molecular flexibility index (Phi) is 4.74. The van der Waals surface area contributed by atoms with E-state index >= 15 is 0 Å². The van der Waals surface area contributed by atoms with Crippen LogP contribution < -0.4 is 16.0 Å². The zero-order valence-electron chi connectivity index (χ0n) is 11.4. The highest BCUT2D eigenvalue weighted by atomic mass is 16.1. The monoisotopic (exact) mass is 262 g/mol. The van der Waals surface area contributed by atoms with E-state index in [9.17, 15) is 4.79 Å². The van der Waals surface area contributed by atoms with Gasteiger partial charge in [0.15, 0.2) is 0 Å². The van der Waals surface area contributed by atoms with Gasteiger partial charge in [-0.15, -0.1) is 0 Å². The predicted octanol–water partition coefficient (Wildman–Crippen LogP) is 1.15. The Balaban J connectivity index is 2.22. The van der Waals surface area contributed by atoms with E-state index in [0.717, 1.165) is 12.2 Å². The van der Waals surface area contributed by atoms with E-state index in [-0.39, 0.29) is 5.91 Å². The largest absolute Gasteiger partial charge is 0.367 e. The number of anilines is 1. The molecule has 0 atom stereocenters. The Morgan fingerprint density at radius 1 is 1.53 bits per heavy atom. The molecule has 3 N–H and O–H groups in total. The van der Waals surface area contributed by atoms with Crippen LogP contribution in [0.15, 0.2) is 18.3 Å². The second-order valence-electron chi connectivity index (χ2n) is 4.90. The molecule has 0 radical (unpaired) electrons. The molecule has 0 bridgehead atoms. The van der Waals surface area contributed by atoms with Crippen LogP contribution in [-0.2, 0) is 0 Å². The molecule has 0 spiro atoms. The van der Waals surface area contributed by atoms with Crippen molar-refractivity contribution in [2.24, 2.45) is 5.73 Å². The lowest BCUT2D eigenvalue weighted by molar-refractivity contribution is 0.0958. The molecule has 19 heavy (non-hydrogen) atoms. The van der Waals surface area contributed by atoms with Crippen LogP contribution in [0.5, 0.6) is 0 Å². The minimum atomic E-state index is -0.152. The maximum Gasteiger partial charge on any atom is 0.269 e. The summed E-state index contributed by atoms with van der Waals surface area (Å²) in [6, 6.07) is 4.36. The molecule has 1 aromatic rings. The van der Waals surface area contributed by atoms with Crippen molar-refractivity contribution in [3.8, 4) is 0 Å². The molecule has 5 heteroatoms. The van der Waals surface area contributed by atoms with E-state index in [1.807, 2.05) is 12.1 Å². The first-order chi connectivity index (χ1) is 9.26. The number of carbonyl (C=O) groups is 1. The quantitative estimate of drug-likeness (QED) is 0.835. The molecule has 0 aromatic carbocycles. The van der Waals surface area contributed by atoms with Crippen LogP contribution in [0.4, 0.5) is 5.69 Å². The lowest BCUT2D eigenvalue weighted by atomic mass is 10.1. The van der Waals surface area contributed by atoms with Crippen molar-refractivity contribution in [3.05, 3.63) is 24.0 Å². The van der Waals surface area contributed by atoms with Crippen LogP contribution in [-0.4, -0.2) is 37.1 Å². The van der Waals surface area contributed by atoms with Crippen molar-refractivity contribution in [2.45, 2.75) is 31.7 Å². The number of rotatable bonds is 5. The van der Waals surface area contributed by atoms with Crippen molar-refractivity contribution in [1.82, 2.24) is 10.3 Å². The third-order valence-electron chi connectivity index (χ3n) is 3.67. The van der Waals surface area contributed by atoms with Crippen molar-refractivity contribution in [2.75, 3.05) is 25.0 Å². The van der Waals surface area contributed by atoms with Crippen LogP contribution in [0, 0.1) is 0 Å². The fourth-order valence-electron chi connectivity index (χ4n) is 2.73. The maximum atomic E-state index is 11.7. The molecule has 1 saturated carbocycles. The molecule has 0 aliphatic heterocycles. The van der Waals surface area contributed by atoms with Gasteiger partial charge in [-0.3, -0.25) is 9.78 Å². The number of nitrogens with one attached hydrogen (secondary N) is 1. The molecule has 1 aliphatic rings. The molecule has 1 amide bonds.